The van der Waals surface area contributed by atoms with Gasteiger partial charge in [-0.3, -0.25) is 4.79 Å². The van der Waals surface area contributed by atoms with E-state index in [1.54, 1.807) is 6.07 Å². The molecule has 1 atom stereocenters. The average molecular weight is 287 g/mol. The van der Waals surface area contributed by atoms with E-state index in [1.807, 2.05) is 30.5 Å². The molecule has 2 rings (SSSR count). The molecular weight excluding hydrogens is 266 g/mol. The first-order chi connectivity index (χ1) is 9.88. The average Bonchev–Trinajstić information content (AvgIpc) is 2.46. The molecule has 0 fully saturated rings. The van der Waals surface area contributed by atoms with Crippen LogP contribution in [0.4, 0.5) is 0 Å². The minimum atomic E-state index is -1.17. The van der Waals surface area contributed by atoms with Gasteiger partial charge in [-0.15, -0.1) is 0 Å². The lowest BCUT2D eigenvalue weighted by Crippen LogP contribution is -2.21. The van der Waals surface area contributed by atoms with Crippen molar-refractivity contribution in [3.05, 3.63) is 45.7 Å². The van der Waals surface area contributed by atoms with Crippen LogP contribution in [-0.2, 0) is 0 Å². The smallest absolute Gasteiger partial charge is 0.341 e. The summed E-state index contributed by atoms with van der Waals surface area (Å²) in [4.78, 5) is 23.7. The fourth-order valence-electron chi connectivity index (χ4n) is 2.60. The number of carboxylic acids is 1. The number of nitrogens with zero attached hydrogens (tertiary/aromatic N) is 1. The zero-order chi connectivity index (χ0) is 15.7. The molecule has 4 heteroatoms. The van der Waals surface area contributed by atoms with Gasteiger partial charge < -0.3 is 9.67 Å². The molecule has 1 aromatic heterocycles. The van der Waals surface area contributed by atoms with Gasteiger partial charge in [0.05, 0.1) is 5.52 Å². The van der Waals surface area contributed by atoms with Crippen LogP contribution in [0.3, 0.4) is 0 Å². The third-order valence-corrected chi connectivity index (χ3v) is 4.00. The molecule has 2 aromatic rings. The van der Waals surface area contributed by atoms with Gasteiger partial charge in [0.2, 0.25) is 5.43 Å². The Morgan fingerprint density at radius 3 is 2.48 bits per heavy atom. The normalized spacial score (nSPS) is 12.8. The molecule has 0 aliphatic rings. The van der Waals surface area contributed by atoms with Crippen molar-refractivity contribution < 1.29 is 9.90 Å². The molecule has 112 valence electrons. The number of benzene rings is 1. The number of rotatable bonds is 4. The van der Waals surface area contributed by atoms with Crippen LogP contribution in [0.25, 0.3) is 10.9 Å². The van der Waals surface area contributed by atoms with Crippen LogP contribution in [0.5, 0.6) is 0 Å². The summed E-state index contributed by atoms with van der Waals surface area (Å²) < 4.78 is 1.94. The maximum Gasteiger partial charge on any atom is 0.341 e. The van der Waals surface area contributed by atoms with Crippen LogP contribution in [0.2, 0.25) is 0 Å². The summed E-state index contributed by atoms with van der Waals surface area (Å²) in [5.74, 6) is -0.909. The van der Waals surface area contributed by atoms with Gasteiger partial charge in [0, 0.05) is 17.6 Å². The van der Waals surface area contributed by atoms with Gasteiger partial charge in [0.1, 0.15) is 5.56 Å². The largest absolute Gasteiger partial charge is 0.477 e. The highest BCUT2D eigenvalue weighted by atomic mass is 16.4. The molecular formula is C17H21NO3. The number of hydrogen-bond donors (Lipinski definition) is 1. The van der Waals surface area contributed by atoms with E-state index in [1.165, 1.54) is 6.20 Å². The SMILES string of the molecule is CCC(C)n1cc(C(=O)O)c(=O)c2cccc(C(C)C)c21. The number of pyridine rings is 1. The highest BCUT2D eigenvalue weighted by Gasteiger charge is 2.19. The Kier molecular flexibility index (Phi) is 4.16. The van der Waals surface area contributed by atoms with Crippen molar-refractivity contribution in [3.8, 4) is 0 Å². The van der Waals surface area contributed by atoms with Crippen molar-refractivity contribution in [2.75, 3.05) is 0 Å². The highest BCUT2D eigenvalue weighted by Crippen LogP contribution is 2.27. The van der Waals surface area contributed by atoms with E-state index in [-0.39, 0.29) is 17.5 Å². The van der Waals surface area contributed by atoms with Gasteiger partial charge in [0.25, 0.3) is 0 Å². The minimum Gasteiger partial charge on any atom is -0.477 e. The molecule has 0 saturated carbocycles. The van der Waals surface area contributed by atoms with Gasteiger partial charge in [-0.2, -0.15) is 0 Å². The highest BCUT2D eigenvalue weighted by molar-refractivity contribution is 5.93. The lowest BCUT2D eigenvalue weighted by Gasteiger charge is -2.21. The molecule has 21 heavy (non-hydrogen) atoms. The third-order valence-electron chi connectivity index (χ3n) is 4.00. The van der Waals surface area contributed by atoms with Crippen LogP contribution in [0.15, 0.2) is 29.2 Å². The number of aromatic nitrogens is 1. The number of aromatic carboxylic acids is 1. The summed E-state index contributed by atoms with van der Waals surface area (Å²) in [7, 11) is 0. The fraction of sp³-hybridized carbons (Fsp3) is 0.412. The van der Waals surface area contributed by atoms with Crippen molar-refractivity contribution >= 4 is 16.9 Å². The van der Waals surface area contributed by atoms with Crippen molar-refractivity contribution in [2.24, 2.45) is 0 Å². The zero-order valence-corrected chi connectivity index (χ0v) is 12.9. The summed E-state index contributed by atoms with van der Waals surface area (Å²) in [5.41, 5.74) is 1.36. The van der Waals surface area contributed by atoms with E-state index in [4.69, 9.17) is 0 Å². The van der Waals surface area contributed by atoms with Crippen LogP contribution in [0, 0.1) is 0 Å². The topological polar surface area (TPSA) is 59.3 Å². The Bertz CT molecular complexity index is 744. The van der Waals surface area contributed by atoms with E-state index in [0.717, 1.165) is 17.5 Å². The quantitative estimate of drug-likeness (QED) is 0.930. The van der Waals surface area contributed by atoms with Crippen LogP contribution < -0.4 is 5.43 Å². The third kappa shape index (κ3) is 2.58. The Morgan fingerprint density at radius 2 is 1.95 bits per heavy atom. The van der Waals surface area contributed by atoms with Crippen LogP contribution in [0.1, 0.15) is 62.0 Å². The zero-order valence-electron chi connectivity index (χ0n) is 12.9. The molecule has 1 heterocycles. The molecule has 0 bridgehead atoms. The number of carbonyl (C=O) groups is 1. The van der Waals surface area contributed by atoms with E-state index in [0.29, 0.717) is 5.39 Å². The lowest BCUT2D eigenvalue weighted by atomic mass is 9.97. The second kappa shape index (κ2) is 5.72. The molecule has 0 saturated heterocycles. The summed E-state index contributed by atoms with van der Waals surface area (Å²) in [6, 6.07) is 5.68. The van der Waals surface area contributed by atoms with Crippen LogP contribution >= 0.6 is 0 Å². The monoisotopic (exact) mass is 287 g/mol. The molecule has 0 radical (unpaired) electrons. The van der Waals surface area contributed by atoms with E-state index in [9.17, 15) is 14.7 Å². The summed E-state index contributed by atoms with van der Waals surface area (Å²) >= 11 is 0. The minimum absolute atomic E-state index is 0.131. The Hall–Kier alpha value is -2.10. The maximum absolute atomic E-state index is 12.4. The summed E-state index contributed by atoms with van der Waals surface area (Å²) in [6.45, 7) is 8.23. The standard InChI is InChI=1S/C17H21NO3/c1-5-11(4)18-9-14(17(20)21)16(19)13-8-6-7-12(10(2)3)15(13)18/h6-11H,5H2,1-4H3,(H,20,21). The second-order valence-electron chi connectivity index (χ2n) is 5.74. The van der Waals surface area contributed by atoms with Crippen molar-refractivity contribution in [2.45, 2.75) is 46.1 Å². The summed E-state index contributed by atoms with van der Waals surface area (Å²) in [5, 5.41) is 9.76. The molecule has 1 N–H and O–H groups in total. The maximum atomic E-state index is 12.4. The molecule has 1 unspecified atom stereocenters. The molecule has 0 aliphatic carbocycles. The van der Waals surface area contributed by atoms with Crippen molar-refractivity contribution in [1.29, 1.82) is 0 Å². The molecule has 0 spiro atoms. The Balaban J connectivity index is 2.99. The van der Waals surface area contributed by atoms with Gasteiger partial charge in [-0.25, -0.2) is 4.79 Å². The van der Waals surface area contributed by atoms with E-state index < -0.39 is 11.4 Å². The molecule has 1 aromatic carbocycles. The first-order valence-corrected chi connectivity index (χ1v) is 7.29. The van der Waals surface area contributed by atoms with Crippen molar-refractivity contribution in [1.82, 2.24) is 4.57 Å². The summed E-state index contributed by atoms with van der Waals surface area (Å²) in [6.07, 6.45) is 2.36. The van der Waals surface area contributed by atoms with Gasteiger partial charge in [-0.1, -0.05) is 32.9 Å². The predicted octanol–water partition coefficient (Wildman–Crippen LogP) is 3.79. The fourth-order valence-corrected chi connectivity index (χ4v) is 2.60. The van der Waals surface area contributed by atoms with Crippen LogP contribution in [-0.4, -0.2) is 15.6 Å². The number of carboxylic acid groups (broad SMARTS) is 1. The Morgan fingerprint density at radius 1 is 1.29 bits per heavy atom. The van der Waals surface area contributed by atoms with E-state index in [2.05, 4.69) is 13.8 Å². The van der Waals surface area contributed by atoms with Gasteiger partial charge >= 0.3 is 5.97 Å². The number of fused-ring (bicyclic) bond motifs is 1. The Labute approximate surface area is 124 Å². The molecule has 0 aliphatic heterocycles. The lowest BCUT2D eigenvalue weighted by molar-refractivity contribution is 0.0694. The van der Waals surface area contributed by atoms with Gasteiger partial charge in [0.15, 0.2) is 0 Å². The molecule has 4 nitrogen and oxygen atoms in total. The number of hydrogen-bond acceptors (Lipinski definition) is 2. The van der Waals surface area contributed by atoms with Gasteiger partial charge in [-0.05, 0) is 30.9 Å². The van der Waals surface area contributed by atoms with Crippen molar-refractivity contribution in [3.63, 3.8) is 0 Å². The predicted molar refractivity (Wildman–Crippen MR) is 84.3 cm³/mol. The number of para-hydroxylation sites is 1. The first-order valence-electron chi connectivity index (χ1n) is 7.29. The second-order valence-corrected chi connectivity index (χ2v) is 5.74. The first kappa shape index (κ1) is 15.3. The molecule has 0 amide bonds. The van der Waals surface area contributed by atoms with E-state index >= 15 is 0 Å².